The van der Waals surface area contributed by atoms with Crippen LogP contribution in [0, 0.1) is 11.8 Å². The Labute approximate surface area is 188 Å². The first-order valence-electron chi connectivity index (χ1n) is 10.2. The first kappa shape index (κ1) is 28.8. The molecule has 0 bridgehead atoms. The second kappa shape index (κ2) is 17.7. The summed E-state index contributed by atoms with van der Waals surface area (Å²) in [4.78, 5) is 23.6. The van der Waals surface area contributed by atoms with Crippen LogP contribution in [0.25, 0.3) is 0 Å². The molecule has 0 saturated carbocycles. The fourth-order valence-electron chi connectivity index (χ4n) is 2.93. The molecular weight excluding hydrogens is 351 g/mol. The molecule has 0 aromatic carbocycles. The standard InChI is InChI=1S/C21H40N2O3.Na/c1-6-7-8-9-10-11-12-13-14-15-22-18(16(2)3)20(24)23-19(17(4)5)21(25)26;/h6,16-19,22H,1,7-15H2,2-5H3,(H,23,24)(H,25,26);/q;+1/p-1/t18-,19-;/m0./s1. The smallest absolute Gasteiger partial charge is 0.548 e. The van der Waals surface area contributed by atoms with Crippen LogP contribution in [-0.4, -0.2) is 30.5 Å². The van der Waals surface area contributed by atoms with Crippen molar-refractivity contribution in [3.05, 3.63) is 12.7 Å². The Morgan fingerprint density at radius 2 is 1.37 bits per heavy atom. The molecule has 2 N–H and O–H groups in total. The molecule has 0 aromatic heterocycles. The van der Waals surface area contributed by atoms with Crippen molar-refractivity contribution in [2.24, 2.45) is 11.8 Å². The molecule has 27 heavy (non-hydrogen) atoms. The second-order valence-corrected chi connectivity index (χ2v) is 7.78. The number of aliphatic carboxylic acids is 1. The van der Waals surface area contributed by atoms with Crippen LogP contribution in [0.15, 0.2) is 12.7 Å². The number of carboxylic acid groups (broad SMARTS) is 1. The van der Waals surface area contributed by atoms with E-state index in [4.69, 9.17) is 0 Å². The van der Waals surface area contributed by atoms with E-state index < -0.39 is 12.0 Å². The molecule has 6 heteroatoms. The van der Waals surface area contributed by atoms with Gasteiger partial charge in [-0.15, -0.1) is 6.58 Å². The zero-order chi connectivity index (χ0) is 19.9. The molecule has 0 rings (SSSR count). The summed E-state index contributed by atoms with van der Waals surface area (Å²) in [6, 6.07) is -1.33. The SMILES string of the molecule is C=CCCCCCCCCCN[C@H](C(=O)N[C@H](C(=O)[O-])C(C)C)C(C)C.[Na+]. The first-order chi connectivity index (χ1) is 12.3. The topological polar surface area (TPSA) is 81.3 Å². The summed E-state index contributed by atoms with van der Waals surface area (Å²) in [5.41, 5.74) is 0. The van der Waals surface area contributed by atoms with E-state index >= 15 is 0 Å². The van der Waals surface area contributed by atoms with E-state index in [0.29, 0.717) is 0 Å². The van der Waals surface area contributed by atoms with E-state index in [0.717, 1.165) is 25.8 Å². The third-order valence-electron chi connectivity index (χ3n) is 4.62. The Morgan fingerprint density at radius 3 is 1.81 bits per heavy atom. The monoisotopic (exact) mass is 390 g/mol. The minimum absolute atomic E-state index is 0. The van der Waals surface area contributed by atoms with Crippen LogP contribution in [0.2, 0.25) is 0 Å². The van der Waals surface area contributed by atoms with Crippen molar-refractivity contribution in [1.82, 2.24) is 10.6 Å². The maximum absolute atomic E-state index is 12.4. The number of rotatable bonds is 16. The van der Waals surface area contributed by atoms with Gasteiger partial charge in [-0.3, -0.25) is 4.79 Å². The predicted octanol–water partition coefficient (Wildman–Crippen LogP) is -0.198. The Balaban J connectivity index is 0. The van der Waals surface area contributed by atoms with Crippen LogP contribution in [0.3, 0.4) is 0 Å². The molecule has 0 heterocycles. The molecule has 0 aliphatic rings. The van der Waals surface area contributed by atoms with Crippen molar-refractivity contribution >= 4 is 11.9 Å². The quantitative estimate of drug-likeness (QED) is 0.217. The molecule has 2 atom stereocenters. The van der Waals surface area contributed by atoms with Crippen LogP contribution in [0.4, 0.5) is 0 Å². The largest absolute Gasteiger partial charge is 1.00 e. The van der Waals surface area contributed by atoms with Crippen LogP contribution >= 0.6 is 0 Å². The molecule has 0 fully saturated rings. The maximum Gasteiger partial charge on any atom is 1.00 e. The zero-order valence-corrected chi connectivity index (χ0v) is 20.2. The Hall–Kier alpha value is -0.360. The Morgan fingerprint density at radius 1 is 0.889 bits per heavy atom. The van der Waals surface area contributed by atoms with E-state index in [1.807, 2.05) is 19.9 Å². The number of allylic oxidation sites excluding steroid dienone is 1. The molecule has 0 radical (unpaired) electrons. The number of carboxylic acids is 1. The average molecular weight is 391 g/mol. The van der Waals surface area contributed by atoms with Gasteiger partial charge >= 0.3 is 29.6 Å². The number of unbranched alkanes of at least 4 members (excludes halogenated alkanes) is 7. The van der Waals surface area contributed by atoms with Gasteiger partial charge in [0.2, 0.25) is 5.91 Å². The van der Waals surface area contributed by atoms with Gasteiger partial charge in [0.05, 0.1) is 18.1 Å². The number of amides is 1. The first-order valence-corrected chi connectivity index (χ1v) is 10.2. The van der Waals surface area contributed by atoms with Gasteiger partial charge in [-0.05, 0) is 37.6 Å². The van der Waals surface area contributed by atoms with E-state index in [2.05, 4.69) is 17.2 Å². The number of carbonyl (C=O) groups excluding carboxylic acids is 2. The summed E-state index contributed by atoms with van der Waals surface area (Å²) in [5, 5.41) is 17.1. The number of nitrogens with one attached hydrogen (secondary N) is 2. The van der Waals surface area contributed by atoms with Crippen molar-refractivity contribution in [3.8, 4) is 0 Å². The summed E-state index contributed by atoms with van der Waals surface area (Å²) in [6.45, 7) is 11.9. The van der Waals surface area contributed by atoms with E-state index in [9.17, 15) is 14.7 Å². The van der Waals surface area contributed by atoms with Crippen LogP contribution < -0.4 is 45.3 Å². The molecule has 0 saturated heterocycles. The molecular formula is C21H39N2NaO3. The van der Waals surface area contributed by atoms with E-state index in [1.165, 1.54) is 32.1 Å². The zero-order valence-electron chi connectivity index (χ0n) is 18.2. The predicted molar refractivity (Wildman–Crippen MR) is 106 cm³/mol. The van der Waals surface area contributed by atoms with Gasteiger partial charge in [0, 0.05) is 0 Å². The summed E-state index contributed by atoms with van der Waals surface area (Å²) < 4.78 is 0. The normalized spacial score (nSPS) is 13.1. The van der Waals surface area contributed by atoms with Gasteiger partial charge < -0.3 is 20.5 Å². The van der Waals surface area contributed by atoms with Gasteiger partial charge in [-0.1, -0.05) is 65.9 Å². The van der Waals surface area contributed by atoms with Crippen molar-refractivity contribution in [2.45, 2.75) is 91.1 Å². The van der Waals surface area contributed by atoms with Gasteiger partial charge in [-0.25, -0.2) is 0 Å². The molecule has 5 nitrogen and oxygen atoms in total. The van der Waals surface area contributed by atoms with Crippen molar-refractivity contribution in [3.63, 3.8) is 0 Å². The molecule has 0 spiro atoms. The van der Waals surface area contributed by atoms with E-state index in [1.54, 1.807) is 13.8 Å². The van der Waals surface area contributed by atoms with Crippen molar-refractivity contribution < 1.29 is 44.3 Å². The fourth-order valence-corrected chi connectivity index (χ4v) is 2.93. The minimum Gasteiger partial charge on any atom is -0.548 e. The summed E-state index contributed by atoms with van der Waals surface area (Å²) in [5.74, 6) is -1.60. The molecule has 0 aliphatic carbocycles. The summed E-state index contributed by atoms with van der Waals surface area (Å²) in [7, 11) is 0. The van der Waals surface area contributed by atoms with Crippen LogP contribution in [0.5, 0.6) is 0 Å². The molecule has 1 amide bonds. The Bertz CT molecular complexity index is 414. The fraction of sp³-hybridized carbons (Fsp3) is 0.810. The van der Waals surface area contributed by atoms with Gasteiger partial charge in [-0.2, -0.15) is 0 Å². The average Bonchev–Trinajstić information content (AvgIpc) is 2.56. The molecule has 152 valence electrons. The number of hydrogen-bond donors (Lipinski definition) is 2. The Kier molecular flexibility index (Phi) is 18.9. The summed E-state index contributed by atoms with van der Waals surface area (Å²) in [6.07, 6.45) is 11.5. The van der Waals surface area contributed by atoms with Crippen LogP contribution in [-0.2, 0) is 9.59 Å². The molecule has 0 aromatic rings. The van der Waals surface area contributed by atoms with Gasteiger partial charge in [0.15, 0.2) is 0 Å². The minimum atomic E-state index is -1.23. The maximum atomic E-state index is 12.4. The molecule has 0 aliphatic heterocycles. The number of carbonyl (C=O) groups is 2. The van der Waals surface area contributed by atoms with Crippen molar-refractivity contribution in [1.29, 1.82) is 0 Å². The van der Waals surface area contributed by atoms with Gasteiger partial charge in [0.25, 0.3) is 0 Å². The van der Waals surface area contributed by atoms with Crippen molar-refractivity contribution in [2.75, 3.05) is 6.54 Å². The molecule has 0 unspecified atom stereocenters. The third kappa shape index (κ3) is 14.3. The summed E-state index contributed by atoms with van der Waals surface area (Å²) >= 11 is 0. The van der Waals surface area contributed by atoms with Gasteiger partial charge in [0.1, 0.15) is 0 Å². The number of hydrogen-bond acceptors (Lipinski definition) is 4. The second-order valence-electron chi connectivity index (χ2n) is 7.78. The third-order valence-corrected chi connectivity index (χ3v) is 4.62. The van der Waals surface area contributed by atoms with Crippen LogP contribution in [0.1, 0.15) is 79.1 Å². The van der Waals surface area contributed by atoms with E-state index in [-0.39, 0.29) is 53.3 Å².